The fourth-order valence-electron chi connectivity index (χ4n) is 2.45. The van der Waals surface area contributed by atoms with Crippen LogP contribution in [0.3, 0.4) is 0 Å². The number of ether oxygens (including phenoxy) is 1. The summed E-state index contributed by atoms with van der Waals surface area (Å²) in [6.45, 7) is 2.69. The molecule has 1 saturated heterocycles. The second-order valence-corrected chi connectivity index (χ2v) is 5.22. The number of hydrogen-bond acceptors (Lipinski definition) is 4. The van der Waals surface area contributed by atoms with Crippen LogP contribution < -0.4 is 5.32 Å². The maximum Gasteiger partial charge on any atom is 0.134 e. The highest BCUT2D eigenvalue weighted by molar-refractivity contribution is 6.29. The molecule has 17 heavy (non-hydrogen) atoms. The van der Waals surface area contributed by atoms with E-state index in [4.69, 9.17) is 16.3 Å². The van der Waals surface area contributed by atoms with E-state index in [0.717, 1.165) is 24.8 Å². The molecule has 0 spiro atoms. The molecule has 2 heterocycles. The van der Waals surface area contributed by atoms with Gasteiger partial charge in [0.25, 0.3) is 0 Å². The van der Waals surface area contributed by atoms with Crippen LogP contribution in [0.15, 0.2) is 6.07 Å². The highest BCUT2D eigenvalue weighted by atomic mass is 35.5. The molecule has 0 amide bonds. The van der Waals surface area contributed by atoms with Crippen LogP contribution in [0.25, 0.3) is 0 Å². The molecule has 4 nitrogen and oxygen atoms in total. The maximum atomic E-state index is 5.92. The van der Waals surface area contributed by atoms with E-state index in [1.54, 1.807) is 6.07 Å². The third-order valence-electron chi connectivity index (χ3n) is 3.36. The van der Waals surface area contributed by atoms with E-state index < -0.39 is 0 Å². The second kappa shape index (κ2) is 4.42. The summed E-state index contributed by atoms with van der Waals surface area (Å²) < 4.78 is 5.78. The quantitative estimate of drug-likeness (QED) is 0.841. The van der Waals surface area contributed by atoms with Crippen molar-refractivity contribution in [3.63, 3.8) is 0 Å². The third kappa shape index (κ3) is 2.53. The van der Waals surface area contributed by atoms with Gasteiger partial charge in [0.2, 0.25) is 0 Å². The maximum absolute atomic E-state index is 5.92. The van der Waals surface area contributed by atoms with Crippen LogP contribution in [0.4, 0.5) is 5.82 Å². The van der Waals surface area contributed by atoms with Crippen molar-refractivity contribution in [2.75, 3.05) is 11.9 Å². The lowest BCUT2D eigenvalue weighted by Gasteiger charge is -2.20. The molecular formula is C12H16ClN3O. The Hall–Kier alpha value is -0.870. The standard InChI is InChI=1S/C12H16ClN3O/c1-7-14-10(13)6-11(15-7)16-9-4-5-17-12(9)8-2-3-8/h6,8-9,12H,2-5H2,1H3,(H,14,15,16). The van der Waals surface area contributed by atoms with Crippen molar-refractivity contribution in [3.05, 3.63) is 17.0 Å². The summed E-state index contributed by atoms with van der Waals surface area (Å²) in [5.74, 6) is 2.25. The van der Waals surface area contributed by atoms with Crippen LogP contribution in [-0.2, 0) is 4.74 Å². The Bertz CT molecular complexity index is 402. The zero-order chi connectivity index (χ0) is 11.8. The topological polar surface area (TPSA) is 47.0 Å². The van der Waals surface area contributed by atoms with Crippen molar-refractivity contribution in [1.29, 1.82) is 0 Å². The molecule has 92 valence electrons. The lowest BCUT2D eigenvalue weighted by molar-refractivity contribution is 0.0898. The smallest absolute Gasteiger partial charge is 0.134 e. The lowest BCUT2D eigenvalue weighted by atomic mass is 10.1. The Labute approximate surface area is 106 Å². The largest absolute Gasteiger partial charge is 0.376 e. The monoisotopic (exact) mass is 253 g/mol. The molecule has 0 bridgehead atoms. The molecule has 1 aromatic rings. The number of halogens is 1. The van der Waals surface area contributed by atoms with Gasteiger partial charge in [-0.15, -0.1) is 0 Å². The van der Waals surface area contributed by atoms with Gasteiger partial charge in [0.05, 0.1) is 12.1 Å². The van der Waals surface area contributed by atoms with E-state index in [2.05, 4.69) is 15.3 Å². The van der Waals surface area contributed by atoms with Crippen molar-refractivity contribution in [3.8, 4) is 0 Å². The molecule has 1 aliphatic carbocycles. The van der Waals surface area contributed by atoms with Gasteiger partial charge in [0.15, 0.2) is 0 Å². The first-order chi connectivity index (χ1) is 8.22. The zero-order valence-corrected chi connectivity index (χ0v) is 10.6. The summed E-state index contributed by atoms with van der Waals surface area (Å²) in [7, 11) is 0. The van der Waals surface area contributed by atoms with Crippen molar-refractivity contribution in [2.24, 2.45) is 5.92 Å². The van der Waals surface area contributed by atoms with Crippen LogP contribution in [0.5, 0.6) is 0 Å². The van der Waals surface area contributed by atoms with E-state index in [-0.39, 0.29) is 0 Å². The van der Waals surface area contributed by atoms with E-state index in [0.29, 0.717) is 23.1 Å². The minimum atomic E-state index is 0.351. The first kappa shape index (κ1) is 11.2. The molecule has 0 radical (unpaired) electrons. The van der Waals surface area contributed by atoms with Gasteiger partial charge in [-0.05, 0) is 32.1 Å². The zero-order valence-electron chi connectivity index (χ0n) is 9.82. The van der Waals surface area contributed by atoms with E-state index in [9.17, 15) is 0 Å². The number of hydrogen-bond donors (Lipinski definition) is 1. The van der Waals surface area contributed by atoms with Gasteiger partial charge in [0, 0.05) is 12.7 Å². The number of nitrogens with one attached hydrogen (secondary N) is 1. The summed E-state index contributed by atoms with van der Waals surface area (Å²) in [5.41, 5.74) is 0. The molecule has 2 atom stereocenters. The third-order valence-corrected chi connectivity index (χ3v) is 3.56. The highest BCUT2D eigenvalue weighted by Crippen LogP contribution is 2.39. The van der Waals surface area contributed by atoms with Crippen molar-refractivity contribution in [2.45, 2.75) is 38.3 Å². The van der Waals surface area contributed by atoms with E-state index in [1.165, 1.54) is 12.8 Å². The molecule has 1 aliphatic heterocycles. The summed E-state index contributed by atoms with van der Waals surface area (Å²) in [5, 5.41) is 3.92. The van der Waals surface area contributed by atoms with Gasteiger partial charge < -0.3 is 10.1 Å². The first-order valence-electron chi connectivity index (χ1n) is 6.12. The van der Waals surface area contributed by atoms with Crippen LogP contribution in [-0.4, -0.2) is 28.7 Å². The molecule has 3 rings (SSSR count). The number of rotatable bonds is 3. The molecule has 1 N–H and O–H groups in total. The minimum absolute atomic E-state index is 0.351. The van der Waals surface area contributed by atoms with Crippen molar-refractivity contribution in [1.82, 2.24) is 9.97 Å². The first-order valence-corrected chi connectivity index (χ1v) is 6.49. The van der Waals surface area contributed by atoms with Crippen LogP contribution in [0.2, 0.25) is 5.15 Å². The number of nitrogens with zero attached hydrogens (tertiary/aromatic N) is 2. The van der Waals surface area contributed by atoms with Crippen LogP contribution >= 0.6 is 11.6 Å². The predicted octanol–water partition coefficient (Wildman–Crippen LogP) is 2.42. The Morgan fingerprint density at radius 1 is 1.35 bits per heavy atom. The van der Waals surface area contributed by atoms with Crippen molar-refractivity contribution < 1.29 is 4.74 Å². The van der Waals surface area contributed by atoms with Crippen LogP contribution in [0, 0.1) is 12.8 Å². The number of anilines is 1. The fraction of sp³-hybridized carbons (Fsp3) is 0.667. The Kier molecular flexibility index (Phi) is 2.92. The van der Waals surface area contributed by atoms with E-state index in [1.807, 2.05) is 6.92 Å². The summed E-state index contributed by atoms with van der Waals surface area (Å²) >= 11 is 5.92. The highest BCUT2D eigenvalue weighted by Gasteiger charge is 2.40. The fourth-order valence-corrected chi connectivity index (χ4v) is 2.68. The predicted molar refractivity (Wildman–Crippen MR) is 66.3 cm³/mol. The molecule has 1 saturated carbocycles. The van der Waals surface area contributed by atoms with E-state index >= 15 is 0 Å². The number of aryl methyl sites for hydroxylation is 1. The molecule has 2 unspecified atom stereocenters. The Balaban J connectivity index is 1.72. The van der Waals surface area contributed by atoms with Crippen LogP contribution in [0.1, 0.15) is 25.1 Å². The van der Waals surface area contributed by atoms with Gasteiger partial charge >= 0.3 is 0 Å². The average Bonchev–Trinajstić information content (AvgIpc) is 2.99. The molecule has 0 aromatic carbocycles. The normalized spacial score (nSPS) is 28.4. The van der Waals surface area contributed by atoms with Gasteiger partial charge in [-0.25, -0.2) is 9.97 Å². The Morgan fingerprint density at radius 3 is 2.88 bits per heavy atom. The molecule has 5 heteroatoms. The Morgan fingerprint density at radius 2 is 2.18 bits per heavy atom. The minimum Gasteiger partial charge on any atom is -0.376 e. The van der Waals surface area contributed by atoms with Gasteiger partial charge in [-0.3, -0.25) is 0 Å². The number of aromatic nitrogens is 2. The SMILES string of the molecule is Cc1nc(Cl)cc(NC2CCOC2C2CC2)n1. The lowest BCUT2D eigenvalue weighted by Crippen LogP contribution is -2.31. The average molecular weight is 254 g/mol. The summed E-state index contributed by atoms with van der Waals surface area (Å²) in [4.78, 5) is 8.41. The molecular weight excluding hydrogens is 238 g/mol. The van der Waals surface area contributed by atoms with Gasteiger partial charge in [-0.2, -0.15) is 0 Å². The summed E-state index contributed by atoms with van der Waals surface area (Å²) in [6, 6.07) is 2.14. The van der Waals surface area contributed by atoms with Gasteiger partial charge in [0.1, 0.15) is 16.8 Å². The molecule has 1 aromatic heterocycles. The van der Waals surface area contributed by atoms with Gasteiger partial charge in [-0.1, -0.05) is 11.6 Å². The van der Waals surface area contributed by atoms with Crippen molar-refractivity contribution >= 4 is 17.4 Å². The molecule has 2 fully saturated rings. The second-order valence-electron chi connectivity index (χ2n) is 4.84. The molecule has 2 aliphatic rings. The summed E-state index contributed by atoms with van der Waals surface area (Å²) in [6.07, 6.45) is 3.99.